The lowest BCUT2D eigenvalue weighted by Gasteiger charge is -2.12. The molecule has 1 aromatic rings. The van der Waals surface area contributed by atoms with E-state index in [-0.39, 0.29) is 0 Å². The van der Waals surface area contributed by atoms with E-state index >= 15 is 0 Å². The summed E-state index contributed by atoms with van der Waals surface area (Å²) in [6, 6.07) is 7.76. The van der Waals surface area contributed by atoms with Crippen molar-refractivity contribution < 1.29 is 4.74 Å². The van der Waals surface area contributed by atoms with Gasteiger partial charge in [-0.05, 0) is 24.1 Å². The second-order valence-corrected chi connectivity index (χ2v) is 3.57. The Morgan fingerprint density at radius 3 is 2.93 bits per heavy atom. The highest BCUT2D eigenvalue weighted by Gasteiger charge is 2.00. The Labute approximate surface area is 85.3 Å². The number of rotatable bonds is 5. The van der Waals surface area contributed by atoms with Gasteiger partial charge in [0.2, 0.25) is 0 Å². The molecule has 0 saturated heterocycles. The molecule has 0 amide bonds. The summed E-state index contributed by atoms with van der Waals surface area (Å²) in [5.74, 6) is 0.501. The molecule has 0 aliphatic rings. The minimum atomic E-state index is 0.501. The van der Waals surface area contributed by atoms with Gasteiger partial charge in [0, 0.05) is 25.0 Å². The van der Waals surface area contributed by atoms with Crippen molar-refractivity contribution in [2.75, 3.05) is 31.3 Å². The van der Waals surface area contributed by atoms with Gasteiger partial charge in [-0.15, -0.1) is 0 Å². The third-order valence-corrected chi connectivity index (χ3v) is 1.99. The number of hydrogen-bond acceptors (Lipinski definition) is 3. The standard InChI is InChI=1S/C11H18N2O/c1-9(8-14-2)7-13-11-5-3-4-10(12)6-11/h3-6,9,13H,7-8,12H2,1-2H3. The van der Waals surface area contributed by atoms with E-state index in [1.165, 1.54) is 0 Å². The first-order chi connectivity index (χ1) is 6.72. The Bertz CT molecular complexity index is 276. The fourth-order valence-electron chi connectivity index (χ4n) is 1.28. The lowest BCUT2D eigenvalue weighted by atomic mass is 10.2. The van der Waals surface area contributed by atoms with Gasteiger partial charge in [0.25, 0.3) is 0 Å². The summed E-state index contributed by atoms with van der Waals surface area (Å²) in [5, 5.41) is 3.31. The van der Waals surface area contributed by atoms with Crippen LogP contribution in [0.1, 0.15) is 6.92 Å². The third-order valence-electron chi connectivity index (χ3n) is 1.99. The van der Waals surface area contributed by atoms with Gasteiger partial charge in [-0.2, -0.15) is 0 Å². The second-order valence-electron chi connectivity index (χ2n) is 3.57. The first kappa shape index (κ1) is 10.9. The Kier molecular flexibility index (Phi) is 4.26. The van der Waals surface area contributed by atoms with Gasteiger partial charge in [-0.1, -0.05) is 13.0 Å². The summed E-state index contributed by atoms with van der Waals surface area (Å²) in [6.45, 7) is 3.81. The van der Waals surface area contributed by atoms with Crippen molar-refractivity contribution in [3.8, 4) is 0 Å². The van der Waals surface area contributed by atoms with E-state index in [4.69, 9.17) is 10.5 Å². The Balaban J connectivity index is 2.37. The fraction of sp³-hybridized carbons (Fsp3) is 0.455. The average molecular weight is 194 g/mol. The maximum atomic E-state index is 5.66. The highest BCUT2D eigenvalue weighted by Crippen LogP contribution is 2.12. The Hall–Kier alpha value is -1.22. The maximum Gasteiger partial charge on any atom is 0.0504 e. The van der Waals surface area contributed by atoms with Crippen LogP contribution in [-0.4, -0.2) is 20.3 Å². The first-order valence-corrected chi connectivity index (χ1v) is 4.80. The highest BCUT2D eigenvalue weighted by atomic mass is 16.5. The molecule has 0 radical (unpaired) electrons. The minimum Gasteiger partial charge on any atom is -0.399 e. The quantitative estimate of drug-likeness (QED) is 0.704. The summed E-state index contributed by atoms with van der Waals surface area (Å²) in [6.07, 6.45) is 0. The van der Waals surface area contributed by atoms with Crippen LogP contribution >= 0.6 is 0 Å². The lowest BCUT2D eigenvalue weighted by molar-refractivity contribution is 0.164. The highest BCUT2D eigenvalue weighted by molar-refractivity contribution is 5.53. The van der Waals surface area contributed by atoms with E-state index in [0.717, 1.165) is 24.5 Å². The number of anilines is 2. The van der Waals surface area contributed by atoms with Crippen LogP contribution in [0.15, 0.2) is 24.3 Å². The van der Waals surface area contributed by atoms with Gasteiger partial charge in [-0.25, -0.2) is 0 Å². The average Bonchev–Trinajstić information content (AvgIpc) is 2.15. The van der Waals surface area contributed by atoms with Crippen molar-refractivity contribution >= 4 is 11.4 Å². The van der Waals surface area contributed by atoms with Crippen LogP contribution in [0.5, 0.6) is 0 Å². The molecule has 14 heavy (non-hydrogen) atoms. The van der Waals surface area contributed by atoms with E-state index < -0.39 is 0 Å². The van der Waals surface area contributed by atoms with Crippen LogP contribution in [0.2, 0.25) is 0 Å². The van der Waals surface area contributed by atoms with Gasteiger partial charge < -0.3 is 15.8 Å². The number of methoxy groups -OCH3 is 1. The predicted octanol–water partition coefficient (Wildman–Crippen LogP) is 1.96. The molecule has 1 aromatic carbocycles. The number of nitrogens with two attached hydrogens (primary N) is 1. The number of nitrogen functional groups attached to an aromatic ring is 1. The molecule has 0 aliphatic carbocycles. The smallest absolute Gasteiger partial charge is 0.0504 e. The van der Waals surface area contributed by atoms with Crippen LogP contribution in [0.25, 0.3) is 0 Å². The molecule has 0 heterocycles. The largest absolute Gasteiger partial charge is 0.399 e. The summed E-state index contributed by atoms with van der Waals surface area (Å²) in [5.41, 5.74) is 7.51. The molecule has 3 heteroatoms. The van der Waals surface area contributed by atoms with E-state index in [1.54, 1.807) is 7.11 Å². The summed E-state index contributed by atoms with van der Waals surface area (Å²) >= 11 is 0. The van der Waals surface area contributed by atoms with Crippen molar-refractivity contribution in [3.05, 3.63) is 24.3 Å². The molecular weight excluding hydrogens is 176 g/mol. The zero-order chi connectivity index (χ0) is 10.4. The summed E-state index contributed by atoms with van der Waals surface area (Å²) < 4.78 is 5.05. The molecule has 0 aromatic heterocycles. The van der Waals surface area contributed by atoms with Crippen molar-refractivity contribution in [2.24, 2.45) is 5.92 Å². The van der Waals surface area contributed by atoms with Crippen molar-refractivity contribution in [2.45, 2.75) is 6.92 Å². The van der Waals surface area contributed by atoms with Gasteiger partial charge >= 0.3 is 0 Å². The van der Waals surface area contributed by atoms with Crippen molar-refractivity contribution in [1.82, 2.24) is 0 Å². The Morgan fingerprint density at radius 2 is 2.29 bits per heavy atom. The van der Waals surface area contributed by atoms with Gasteiger partial charge in [0.15, 0.2) is 0 Å². The monoisotopic (exact) mass is 194 g/mol. The van der Waals surface area contributed by atoms with E-state index in [2.05, 4.69) is 12.2 Å². The number of benzene rings is 1. The van der Waals surface area contributed by atoms with Gasteiger partial charge in [0.1, 0.15) is 0 Å². The molecule has 1 rings (SSSR count). The topological polar surface area (TPSA) is 47.3 Å². The fourth-order valence-corrected chi connectivity index (χ4v) is 1.28. The maximum absolute atomic E-state index is 5.66. The van der Waals surface area contributed by atoms with Crippen molar-refractivity contribution in [3.63, 3.8) is 0 Å². The third kappa shape index (κ3) is 3.66. The van der Waals surface area contributed by atoms with Crippen molar-refractivity contribution in [1.29, 1.82) is 0 Å². The molecular formula is C11H18N2O. The molecule has 3 nitrogen and oxygen atoms in total. The minimum absolute atomic E-state index is 0.501. The zero-order valence-corrected chi connectivity index (χ0v) is 8.79. The predicted molar refractivity (Wildman–Crippen MR) is 60.4 cm³/mol. The zero-order valence-electron chi connectivity index (χ0n) is 8.79. The van der Waals surface area contributed by atoms with Crippen LogP contribution in [-0.2, 0) is 4.74 Å². The molecule has 1 atom stereocenters. The van der Waals surface area contributed by atoms with E-state index in [0.29, 0.717) is 5.92 Å². The van der Waals surface area contributed by atoms with Crippen LogP contribution in [0, 0.1) is 5.92 Å². The van der Waals surface area contributed by atoms with E-state index in [9.17, 15) is 0 Å². The molecule has 78 valence electrons. The van der Waals surface area contributed by atoms with E-state index in [1.807, 2.05) is 24.3 Å². The molecule has 0 fully saturated rings. The number of nitrogens with one attached hydrogen (secondary N) is 1. The van der Waals surface area contributed by atoms with Crippen LogP contribution < -0.4 is 11.1 Å². The second kappa shape index (κ2) is 5.50. The summed E-state index contributed by atoms with van der Waals surface area (Å²) in [7, 11) is 1.72. The van der Waals surface area contributed by atoms with Gasteiger partial charge in [-0.3, -0.25) is 0 Å². The lowest BCUT2D eigenvalue weighted by Crippen LogP contribution is -2.15. The first-order valence-electron chi connectivity index (χ1n) is 4.80. The number of ether oxygens (including phenoxy) is 1. The SMILES string of the molecule is COCC(C)CNc1cccc(N)c1. The Morgan fingerprint density at radius 1 is 1.50 bits per heavy atom. The molecule has 1 unspecified atom stereocenters. The molecule has 0 bridgehead atoms. The number of hydrogen-bond donors (Lipinski definition) is 2. The van der Waals surface area contributed by atoms with Crippen LogP contribution in [0.3, 0.4) is 0 Å². The molecule has 0 aliphatic heterocycles. The molecule has 0 spiro atoms. The molecule has 3 N–H and O–H groups in total. The normalized spacial score (nSPS) is 12.4. The summed E-state index contributed by atoms with van der Waals surface area (Å²) in [4.78, 5) is 0. The van der Waals surface area contributed by atoms with Gasteiger partial charge in [0.05, 0.1) is 6.61 Å². The van der Waals surface area contributed by atoms with Crippen LogP contribution in [0.4, 0.5) is 11.4 Å². The molecule has 0 saturated carbocycles.